The van der Waals surface area contributed by atoms with Crippen LogP contribution >= 0.6 is 0 Å². The Morgan fingerprint density at radius 3 is 2.71 bits per heavy atom. The molecule has 0 spiro atoms. The molecule has 3 heteroatoms. The average Bonchev–Trinajstić information content (AvgIpc) is 2.92. The van der Waals surface area contributed by atoms with Gasteiger partial charge in [0.15, 0.2) is 0 Å². The second-order valence-corrected chi connectivity index (χ2v) is 9.15. The van der Waals surface area contributed by atoms with Crippen molar-refractivity contribution < 1.29 is 10.3 Å². The molecule has 132 valence electrons. The Morgan fingerprint density at radius 1 is 1.17 bits per heavy atom. The highest BCUT2D eigenvalue weighted by molar-refractivity contribution is 5.99. The van der Waals surface area contributed by atoms with E-state index in [0.717, 1.165) is 37.8 Å². The summed E-state index contributed by atoms with van der Waals surface area (Å²) in [6, 6.07) is 0. The lowest BCUT2D eigenvalue weighted by atomic mass is 9.48. The topological polar surface area (TPSA) is 52.8 Å². The summed E-state index contributed by atoms with van der Waals surface area (Å²) < 4.78 is 0. The van der Waals surface area contributed by atoms with Gasteiger partial charge in [0.2, 0.25) is 0 Å². The van der Waals surface area contributed by atoms with E-state index in [4.69, 9.17) is 0 Å². The highest BCUT2D eigenvalue weighted by atomic mass is 16.4. The van der Waals surface area contributed by atoms with Crippen molar-refractivity contribution in [1.82, 2.24) is 0 Å². The van der Waals surface area contributed by atoms with Crippen LogP contribution in [0.3, 0.4) is 0 Å². The first-order chi connectivity index (χ1) is 11.4. The van der Waals surface area contributed by atoms with Crippen LogP contribution in [-0.2, 0) is 0 Å². The van der Waals surface area contributed by atoms with Crippen molar-refractivity contribution in [1.29, 1.82) is 0 Å². The first-order valence-corrected chi connectivity index (χ1v) is 9.68. The molecule has 0 aromatic carbocycles. The van der Waals surface area contributed by atoms with Crippen molar-refractivity contribution in [2.24, 2.45) is 33.7 Å². The minimum Gasteiger partial charge on any atom is -0.411 e. The van der Waals surface area contributed by atoms with E-state index >= 15 is 0 Å². The summed E-state index contributed by atoms with van der Waals surface area (Å²) in [5.41, 5.74) is 4.17. The standard InChI is InChI=1S/C21H31NO2/c1-13(22-24)17-6-7-18-16-5-4-14-12-15(23)8-10-20(14,2)19(16)9-11-21(17,18)3/h6,9,14-16,18,23-24H,4-5,7-8,10-12H2,1-3H3/t14-,15+,16-,18-,20-,21+/m0/s1. The van der Waals surface area contributed by atoms with Crippen LogP contribution in [0.15, 0.2) is 28.5 Å². The lowest BCUT2D eigenvalue weighted by Crippen LogP contribution is -2.48. The first-order valence-electron chi connectivity index (χ1n) is 9.68. The van der Waals surface area contributed by atoms with Gasteiger partial charge in [-0.2, -0.15) is 0 Å². The van der Waals surface area contributed by atoms with Gasteiger partial charge in [0, 0.05) is 5.41 Å². The molecule has 4 aliphatic carbocycles. The molecule has 0 heterocycles. The summed E-state index contributed by atoms with van der Waals surface area (Å²) in [5.74, 6) is 1.97. The zero-order valence-corrected chi connectivity index (χ0v) is 15.3. The molecule has 0 aromatic rings. The fourth-order valence-corrected chi connectivity index (χ4v) is 6.70. The molecule has 0 unspecified atom stereocenters. The van der Waals surface area contributed by atoms with E-state index < -0.39 is 0 Å². The zero-order valence-electron chi connectivity index (χ0n) is 15.3. The van der Waals surface area contributed by atoms with Crippen LogP contribution in [0.4, 0.5) is 0 Å². The maximum atomic E-state index is 10.1. The Balaban J connectivity index is 1.69. The molecule has 3 nitrogen and oxygen atoms in total. The minimum atomic E-state index is -0.0859. The number of rotatable bonds is 1. The number of fused-ring (bicyclic) bond motifs is 5. The van der Waals surface area contributed by atoms with Crippen molar-refractivity contribution in [3.63, 3.8) is 0 Å². The first kappa shape index (κ1) is 16.4. The van der Waals surface area contributed by atoms with Gasteiger partial charge >= 0.3 is 0 Å². The fraction of sp³-hybridized carbons (Fsp3) is 0.762. The molecule has 4 aliphatic rings. The molecule has 2 N–H and O–H groups in total. The number of allylic oxidation sites excluding steroid dienone is 4. The normalized spacial score (nSPS) is 48.1. The van der Waals surface area contributed by atoms with Gasteiger partial charge in [-0.25, -0.2) is 0 Å². The van der Waals surface area contributed by atoms with E-state index in [2.05, 4.69) is 31.2 Å². The SMILES string of the molecule is CC(=NO)C1=CC[C@H]2[C@@H]3CC[C@H]4C[C@H](O)CC[C@]4(C)C3=CC[C@]12C. The fourth-order valence-electron chi connectivity index (χ4n) is 6.70. The van der Waals surface area contributed by atoms with Crippen molar-refractivity contribution in [2.45, 2.75) is 71.8 Å². The molecule has 0 aliphatic heterocycles. The molecular weight excluding hydrogens is 298 g/mol. The highest BCUT2D eigenvalue weighted by Crippen LogP contribution is 2.64. The van der Waals surface area contributed by atoms with E-state index in [1.165, 1.54) is 18.4 Å². The molecule has 0 amide bonds. The van der Waals surface area contributed by atoms with Crippen LogP contribution in [0.5, 0.6) is 0 Å². The van der Waals surface area contributed by atoms with E-state index in [0.29, 0.717) is 23.2 Å². The predicted molar refractivity (Wildman–Crippen MR) is 96.1 cm³/mol. The largest absolute Gasteiger partial charge is 0.411 e. The van der Waals surface area contributed by atoms with Crippen LogP contribution in [0.1, 0.15) is 65.7 Å². The van der Waals surface area contributed by atoms with Gasteiger partial charge in [0.25, 0.3) is 0 Å². The summed E-state index contributed by atoms with van der Waals surface area (Å²) in [6.07, 6.45) is 12.6. The third kappa shape index (κ3) is 2.09. The quantitative estimate of drug-likeness (QED) is 0.317. The summed E-state index contributed by atoms with van der Waals surface area (Å²) >= 11 is 0. The molecule has 0 saturated heterocycles. The predicted octanol–water partition coefficient (Wildman–Crippen LogP) is 4.70. The lowest BCUT2D eigenvalue weighted by Gasteiger charge is -2.56. The van der Waals surface area contributed by atoms with Gasteiger partial charge in [-0.3, -0.25) is 0 Å². The maximum absolute atomic E-state index is 10.1. The highest BCUT2D eigenvalue weighted by Gasteiger charge is 2.55. The Kier molecular flexibility index (Phi) is 3.72. The van der Waals surface area contributed by atoms with Gasteiger partial charge < -0.3 is 10.3 Å². The van der Waals surface area contributed by atoms with E-state index in [1.54, 1.807) is 5.57 Å². The number of nitrogens with zero attached hydrogens (tertiary/aromatic N) is 1. The second-order valence-electron chi connectivity index (χ2n) is 9.15. The molecule has 4 rings (SSSR count). The Labute approximate surface area is 145 Å². The number of aliphatic hydroxyl groups excluding tert-OH is 1. The number of hydrogen-bond acceptors (Lipinski definition) is 3. The van der Waals surface area contributed by atoms with Crippen molar-refractivity contribution in [3.05, 3.63) is 23.3 Å². The Morgan fingerprint density at radius 2 is 1.96 bits per heavy atom. The number of aliphatic hydroxyl groups is 1. The molecule has 0 radical (unpaired) electrons. The molecule has 0 bridgehead atoms. The van der Waals surface area contributed by atoms with Crippen LogP contribution in [0.25, 0.3) is 0 Å². The van der Waals surface area contributed by atoms with E-state index in [9.17, 15) is 10.3 Å². The third-order valence-electron chi connectivity index (χ3n) is 8.12. The zero-order chi connectivity index (χ0) is 17.1. The second kappa shape index (κ2) is 5.45. The molecule has 6 atom stereocenters. The lowest BCUT2D eigenvalue weighted by molar-refractivity contribution is -0.00503. The van der Waals surface area contributed by atoms with Gasteiger partial charge in [-0.15, -0.1) is 0 Å². The molecular formula is C21H31NO2. The van der Waals surface area contributed by atoms with Crippen molar-refractivity contribution in [3.8, 4) is 0 Å². The summed E-state index contributed by atoms with van der Waals surface area (Å²) in [4.78, 5) is 0. The summed E-state index contributed by atoms with van der Waals surface area (Å²) in [7, 11) is 0. The van der Waals surface area contributed by atoms with Crippen LogP contribution in [0.2, 0.25) is 0 Å². The van der Waals surface area contributed by atoms with Gasteiger partial charge in [-0.1, -0.05) is 36.7 Å². The molecule has 0 aromatic heterocycles. The molecule has 2 saturated carbocycles. The number of oxime groups is 1. The van der Waals surface area contributed by atoms with Crippen molar-refractivity contribution in [2.75, 3.05) is 0 Å². The third-order valence-corrected chi connectivity index (χ3v) is 8.12. The summed E-state index contributed by atoms with van der Waals surface area (Å²) in [6.45, 7) is 6.77. The van der Waals surface area contributed by atoms with E-state index in [1.807, 2.05) is 6.92 Å². The Hall–Kier alpha value is -1.09. The van der Waals surface area contributed by atoms with Crippen molar-refractivity contribution >= 4 is 5.71 Å². The van der Waals surface area contributed by atoms with E-state index in [-0.39, 0.29) is 11.5 Å². The van der Waals surface area contributed by atoms with Crippen LogP contribution < -0.4 is 0 Å². The van der Waals surface area contributed by atoms with Crippen LogP contribution in [-0.4, -0.2) is 22.1 Å². The minimum absolute atomic E-state index is 0.0859. The average molecular weight is 329 g/mol. The number of hydrogen-bond donors (Lipinski definition) is 2. The van der Waals surface area contributed by atoms with Gasteiger partial charge in [0.05, 0.1) is 11.8 Å². The molecule has 24 heavy (non-hydrogen) atoms. The maximum Gasteiger partial charge on any atom is 0.0799 e. The summed E-state index contributed by atoms with van der Waals surface area (Å²) in [5, 5.41) is 22.9. The van der Waals surface area contributed by atoms with Gasteiger partial charge in [0.1, 0.15) is 0 Å². The Bertz CT molecular complexity index is 634. The monoisotopic (exact) mass is 329 g/mol. The smallest absolute Gasteiger partial charge is 0.0799 e. The molecule has 2 fully saturated rings. The van der Waals surface area contributed by atoms with Crippen LogP contribution in [0, 0.1) is 28.6 Å². The van der Waals surface area contributed by atoms with Gasteiger partial charge in [-0.05, 0) is 80.6 Å².